The van der Waals surface area contributed by atoms with E-state index in [9.17, 15) is 5.11 Å². The summed E-state index contributed by atoms with van der Waals surface area (Å²) in [5, 5.41) is 9.45. The standard InChI is InChI=1S/C6H16O4Si/c1-5-6(7)11(8-2,9-3)10-4/h6-7H,5H2,1-4H3. The fraction of sp³-hybridized carbons (Fsp3) is 1.00. The highest BCUT2D eigenvalue weighted by molar-refractivity contribution is 6.61. The molecule has 4 nitrogen and oxygen atoms in total. The second-order valence-corrected chi connectivity index (χ2v) is 5.24. The quantitative estimate of drug-likeness (QED) is 0.613. The van der Waals surface area contributed by atoms with E-state index in [1.807, 2.05) is 6.92 Å². The summed E-state index contributed by atoms with van der Waals surface area (Å²) < 4.78 is 15.1. The summed E-state index contributed by atoms with van der Waals surface area (Å²) in [6.45, 7) is 1.85. The van der Waals surface area contributed by atoms with Crippen LogP contribution in [0.5, 0.6) is 0 Å². The molecular formula is C6H16O4Si. The average Bonchev–Trinajstić information content (AvgIpc) is 2.08. The zero-order chi connectivity index (χ0) is 8.91. The third-order valence-electron chi connectivity index (χ3n) is 1.65. The Balaban J connectivity index is 4.26. The molecular weight excluding hydrogens is 164 g/mol. The van der Waals surface area contributed by atoms with Gasteiger partial charge in [0, 0.05) is 21.3 Å². The molecule has 1 unspecified atom stereocenters. The molecule has 1 N–H and O–H groups in total. The maximum Gasteiger partial charge on any atom is 0.530 e. The smallest absolute Gasteiger partial charge is 0.389 e. The largest absolute Gasteiger partial charge is 0.530 e. The van der Waals surface area contributed by atoms with Crippen molar-refractivity contribution in [3.63, 3.8) is 0 Å². The monoisotopic (exact) mass is 180 g/mol. The third kappa shape index (κ3) is 2.24. The van der Waals surface area contributed by atoms with Crippen molar-refractivity contribution in [1.29, 1.82) is 0 Å². The molecule has 11 heavy (non-hydrogen) atoms. The molecule has 0 saturated carbocycles. The van der Waals surface area contributed by atoms with Crippen LogP contribution in [0.3, 0.4) is 0 Å². The maximum atomic E-state index is 9.45. The molecule has 0 aromatic heterocycles. The molecule has 0 rings (SSSR count). The first-order chi connectivity index (χ1) is 5.16. The lowest BCUT2D eigenvalue weighted by Gasteiger charge is -2.27. The van der Waals surface area contributed by atoms with Gasteiger partial charge in [-0.1, -0.05) is 6.92 Å². The SMILES string of the molecule is CCC(O)[Si](OC)(OC)OC. The highest BCUT2D eigenvalue weighted by Crippen LogP contribution is 2.13. The number of hydrogen-bond acceptors (Lipinski definition) is 4. The first-order valence-electron chi connectivity index (χ1n) is 3.50. The summed E-state index contributed by atoms with van der Waals surface area (Å²) in [5.41, 5.74) is -0.637. The van der Waals surface area contributed by atoms with Crippen molar-refractivity contribution < 1.29 is 18.4 Å². The van der Waals surface area contributed by atoms with Crippen LogP contribution in [0, 0.1) is 0 Å². The van der Waals surface area contributed by atoms with Crippen LogP contribution in [0.15, 0.2) is 0 Å². The van der Waals surface area contributed by atoms with Gasteiger partial charge in [0.05, 0.1) is 0 Å². The van der Waals surface area contributed by atoms with E-state index in [1.54, 1.807) is 0 Å². The summed E-state index contributed by atoms with van der Waals surface area (Å²) >= 11 is 0. The van der Waals surface area contributed by atoms with Crippen molar-refractivity contribution in [1.82, 2.24) is 0 Å². The summed E-state index contributed by atoms with van der Waals surface area (Å²) in [4.78, 5) is 0. The Morgan fingerprint density at radius 1 is 1.18 bits per heavy atom. The van der Waals surface area contributed by atoms with Crippen molar-refractivity contribution >= 4 is 8.80 Å². The third-order valence-corrected chi connectivity index (χ3v) is 4.58. The van der Waals surface area contributed by atoms with Gasteiger partial charge < -0.3 is 18.4 Å². The van der Waals surface area contributed by atoms with Gasteiger partial charge in [0.1, 0.15) is 5.73 Å². The molecule has 1 atom stereocenters. The Morgan fingerprint density at radius 3 is 1.64 bits per heavy atom. The summed E-state index contributed by atoms with van der Waals surface area (Å²) in [6.07, 6.45) is 0.571. The topological polar surface area (TPSA) is 47.9 Å². The van der Waals surface area contributed by atoms with Gasteiger partial charge in [0.15, 0.2) is 0 Å². The summed E-state index contributed by atoms with van der Waals surface area (Å²) in [7, 11) is 1.69. The van der Waals surface area contributed by atoms with Gasteiger partial charge >= 0.3 is 8.80 Å². The second-order valence-electron chi connectivity index (χ2n) is 2.14. The Kier molecular flexibility index (Phi) is 4.86. The molecule has 0 aromatic rings. The van der Waals surface area contributed by atoms with Gasteiger partial charge in [-0.2, -0.15) is 0 Å². The zero-order valence-corrected chi connectivity index (χ0v) is 8.46. The van der Waals surface area contributed by atoms with E-state index in [0.29, 0.717) is 6.42 Å². The highest BCUT2D eigenvalue weighted by Gasteiger charge is 2.45. The van der Waals surface area contributed by atoms with E-state index < -0.39 is 14.5 Å². The summed E-state index contributed by atoms with van der Waals surface area (Å²) in [5.74, 6) is 0. The number of rotatable bonds is 5. The van der Waals surface area contributed by atoms with Gasteiger partial charge in [0.2, 0.25) is 0 Å². The molecule has 0 aliphatic carbocycles. The second kappa shape index (κ2) is 4.84. The van der Waals surface area contributed by atoms with Gasteiger partial charge in [-0.3, -0.25) is 0 Å². The fourth-order valence-electron chi connectivity index (χ4n) is 0.908. The van der Waals surface area contributed by atoms with E-state index in [4.69, 9.17) is 13.3 Å². The van der Waals surface area contributed by atoms with E-state index in [2.05, 4.69) is 0 Å². The highest BCUT2D eigenvalue weighted by atomic mass is 28.4. The number of aliphatic hydroxyl groups excluding tert-OH is 1. The fourth-order valence-corrected chi connectivity index (χ4v) is 2.72. The van der Waals surface area contributed by atoms with Crippen LogP contribution in [0.4, 0.5) is 0 Å². The molecule has 0 fully saturated rings. The Bertz CT molecular complexity index is 96.5. The van der Waals surface area contributed by atoms with E-state index >= 15 is 0 Å². The molecule has 0 aliphatic heterocycles. The zero-order valence-electron chi connectivity index (χ0n) is 7.46. The van der Waals surface area contributed by atoms with Crippen molar-refractivity contribution in [2.24, 2.45) is 0 Å². The van der Waals surface area contributed by atoms with Gasteiger partial charge in [-0.25, -0.2) is 0 Å². The van der Waals surface area contributed by atoms with Crippen molar-refractivity contribution in [3.05, 3.63) is 0 Å². The van der Waals surface area contributed by atoms with Gasteiger partial charge in [0.25, 0.3) is 0 Å². The Morgan fingerprint density at radius 2 is 1.55 bits per heavy atom. The molecule has 5 heteroatoms. The van der Waals surface area contributed by atoms with Crippen LogP contribution in [-0.2, 0) is 13.3 Å². The Labute approximate surface area is 68.4 Å². The van der Waals surface area contributed by atoms with Gasteiger partial charge in [-0.05, 0) is 6.42 Å². The Hall–Kier alpha value is 0.0569. The molecule has 0 aromatic carbocycles. The predicted octanol–water partition coefficient (Wildman–Crippen LogP) is 0.175. The lowest BCUT2D eigenvalue weighted by molar-refractivity contribution is 0.0573. The minimum Gasteiger partial charge on any atom is -0.389 e. The van der Waals surface area contributed by atoms with Crippen molar-refractivity contribution in [3.8, 4) is 0 Å². The van der Waals surface area contributed by atoms with Crippen molar-refractivity contribution in [2.75, 3.05) is 21.3 Å². The predicted molar refractivity (Wildman–Crippen MR) is 43.1 cm³/mol. The molecule has 68 valence electrons. The first kappa shape index (κ1) is 11.1. The van der Waals surface area contributed by atoms with E-state index in [1.165, 1.54) is 21.3 Å². The van der Waals surface area contributed by atoms with Crippen LogP contribution in [-0.4, -0.2) is 41.0 Å². The molecule has 0 aliphatic rings. The van der Waals surface area contributed by atoms with Crippen LogP contribution < -0.4 is 0 Å². The van der Waals surface area contributed by atoms with Crippen LogP contribution >= 0.6 is 0 Å². The first-order valence-corrected chi connectivity index (χ1v) is 5.30. The van der Waals surface area contributed by atoms with Crippen molar-refractivity contribution in [2.45, 2.75) is 19.1 Å². The molecule has 0 bridgehead atoms. The lowest BCUT2D eigenvalue weighted by atomic mass is 10.5. The van der Waals surface area contributed by atoms with Crippen LogP contribution in [0.25, 0.3) is 0 Å². The average molecular weight is 180 g/mol. The van der Waals surface area contributed by atoms with Gasteiger partial charge in [-0.15, -0.1) is 0 Å². The maximum absolute atomic E-state index is 9.45. The van der Waals surface area contributed by atoms with E-state index in [0.717, 1.165) is 0 Å². The number of hydrogen-bond donors (Lipinski definition) is 1. The molecule has 0 saturated heterocycles. The molecule has 0 radical (unpaired) electrons. The molecule has 0 heterocycles. The van der Waals surface area contributed by atoms with E-state index in [-0.39, 0.29) is 0 Å². The van der Waals surface area contributed by atoms with Crippen LogP contribution in [0.2, 0.25) is 0 Å². The number of aliphatic hydroxyl groups is 1. The minimum atomic E-state index is -2.77. The minimum absolute atomic E-state index is 0.571. The molecule has 0 amide bonds. The lowest BCUT2D eigenvalue weighted by Crippen LogP contribution is -2.54. The summed E-state index contributed by atoms with van der Waals surface area (Å²) in [6, 6.07) is 0. The molecule has 0 spiro atoms. The normalized spacial score (nSPS) is 15.0. The van der Waals surface area contributed by atoms with Crippen LogP contribution in [0.1, 0.15) is 13.3 Å².